The van der Waals surface area contributed by atoms with Gasteiger partial charge in [0.25, 0.3) is 0 Å². The Morgan fingerprint density at radius 1 is 1.18 bits per heavy atom. The smallest absolute Gasteiger partial charge is 0.233 e. The Bertz CT molecular complexity index is 552. The van der Waals surface area contributed by atoms with Crippen LogP contribution in [0.4, 0.5) is 0 Å². The van der Waals surface area contributed by atoms with Crippen molar-refractivity contribution in [2.45, 2.75) is 5.37 Å². The van der Waals surface area contributed by atoms with Gasteiger partial charge in [-0.2, -0.15) is 0 Å². The standard InChI is InChI=1S/C15H19Cl2N3OS/c16-12-2-1-11(9-13(12)17)15-20(14(21)10-22-15)8-7-19-5-3-18-4-6-19/h1-2,9,15,18H,3-8,10H2/t15-/m1/s1. The maximum atomic E-state index is 12.2. The fourth-order valence-electron chi connectivity index (χ4n) is 2.82. The van der Waals surface area contributed by atoms with Gasteiger partial charge in [-0.1, -0.05) is 29.3 Å². The van der Waals surface area contributed by atoms with Gasteiger partial charge in [-0.3, -0.25) is 9.69 Å². The van der Waals surface area contributed by atoms with Crippen molar-refractivity contribution in [3.05, 3.63) is 33.8 Å². The number of thioether (sulfide) groups is 1. The summed E-state index contributed by atoms with van der Waals surface area (Å²) in [4.78, 5) is 16.6. The quantitative estimate of drug-likeness (QED) is 0.895. The Balaban J connectivity index is 1.67. The highest BCUT2D eigenvalue weighted by Crippen LogP contribution is 2.40. The summed E-state index contributed by atoms with van der Waals surface area (Å²) < 4.78 is 0. The van der Waals surface area contributed by atoms with Crippen LogP contribution in [-0.2, 0) is 4.79 Å². The van der Waals surface area contributed by atoms with E-state index in [0.717, 1.165) is 44.8 Å². The van der Waals surface area contributed by atoms with Crippen molar-refractivity contribution in [3.8, 4) is 0 Å². The first-order valence-corrected chi connectivity index (χ1v) is 9.25. The minimum atomic E-state index is 0.0465. The molecule has 0 radical (unpaired) electrons. The van der Waals surface area contributed by atoms with Gasteiger partial charge in [0.1, 0.15) is 5.37 Å². The van der Waals surface area contributed by atoms with E-state index in [9.17, 15) is 4.79 Å². The van der Waals surface area contributed by atoms with E-state index in [2.05, 4.69) is 10.2 Å². The Hall–Kier alpha value is -0.460. The van der Waals surface area contributed by atoms with Gasteiger partial charge in [-0.15, -0.1) is 11.8 Å². The molecule has 1 N–H and O–H groups in total. The number of nitrogens with zero attached hydrogens (tertiary/aromatic N) is 2. The average molecular weight is 360 g/mol. The molecular weight excluding hydrogens is 341 g/mol. The van der Waals surface area contributed by atoms with Crippen LogP contribution < -0.4 is 5.32 Å². The zero-order valence-electron chi connectivity index (χ0n) is 12.2. The Morgan fingerprint density at radius 2 is 1.95 bits per heavy atom. The lowest BCUT2D eigenvalue weighted by Gasteiger charge is -2.31. The third-order valence-corrected chi connectivity index (χ3v) is 6.06. The molecule has 0 unspecified atom stereocenters. The second-order valence-corrected chi connectivity index (χ2v) is 7.40. The largest absolute Gasteiger partial charge is 0.325 e. The molecule has 0 aliphatic carbocycles. The summed E-state index contributed by atoms with van der Waals surface area (Å²) in [5.74, 6) is 0.739. The Labute approximate surface area is 145 Å². The number of piperazine rings is 1. The van der Waals surface area contributed by atoms with E-state index >= 15 is 0 Å². The molecule has 22 heavy (non-hydrogen) atoms. The number of carbonyl (C=O) groups is 1. The van der Waals surface area contributed by atoms with Gasteiger partial charge in [-0.05, 0) is 17.7 Å². The van der Waals surface area contributed by atoms with E-state index in [0.29, 0.717) is 15.8 Å². The molecule has 2 heterocycles. The van der Waals surface area contributed by atoms with Crippen LogP contribution in [0.2, 0.25) is 10.0 Å². The second kappa shape index (κ2) is 7.41. The van der Waals surface area contributed by atoms with Crippen molar-refractivity contribution in [2.24, 2.45) is 0 Å². The molecule has 2 saturated heterocycles. The highest BCUT2D eigenvalue weighted by atomic mass is 35.5. The number of halogens is 2. The highest BCUT2D eigenvalue weighted by molar-refractivity contribution is 8.00. The van der Waals surface area contributed by atoms with Crippen molar-refractivity contribution in [3.63, 3.8) is 0 Å². The summed E-state index contributed by atoms with van der Waals surface area (Å²) in [6, 6.07) is 5.64. The van der Waals surface area contributed by atoms with E-state index in [1.165, 1.54) is 0 Å². The van der Waals surface area contributed by atoms with Crippen LogP contribution >= 0.6 is 35.0 Å². The maximum Gasteiger partial charge on any atom is 0.233 e. The predicted octanol–water partition coefficient (Wildman–Crippen LogP) is 2.47. The fraction of sp³-hybridized carbons (Fsp3) is 0.533. The molecule has 0 spiro atoms. The molecule has 3 rings (SSSR count). The number of nitrogens with one attached hydrogen (secondary N) is 1. The molecule has 120 valence electrons. The van der Waals surface area contributed by atoms with Gasteiger partial charge in [0, 0.05) is 39.3 Å². The molecule has 0 saturated carbocycles. The number of hydrogen-bond donors (Lipinski definition) is 1. The lowest BCUT2D eigenvalue weighted by Crippen LogP contribution is -2.46. The molecule has 1 atom stereocenters. The number of hydrogen-bond acceptors (Lipinski definition) is 4. The Kier molecular flexibility index (Phi) is 5.52. The van der Waals surface area contributed by atoms with Gasteiger partial charge >= 0.3 is 0 Å². The average Bonchev–Trinajstić information content (AvgIpc) is 2.90. The normalized spacial score (nSPS) is 23.3. The van der Waals surface area contributed by atoms with E-state index in [4.69, 9.17) is 23.2 Å². The van der Waals surface area contributed by atoms with E-state index in [1.54, 1.807) is 17.8 Å². The topological polar surface area (TPSA) is 35.6 Å². The van der Waals surface area contributed by atoms with Crippen LogP contribution in [0.15, 0.2) is 18.2 Å². The summed E-state index contributed by atoms with van der Waals surface area (Å²) in [6.07, 6.45) is 0. The highest BCUT2D eigenvalue weighted by Gasteiger charge is 2.33. The predicted molar refractivity (Wildman–Crippen MR) is 92.7 cm³/mol. The van der Waals surface area contributed by atoms with Crippen LogP contribution in [-0.4, -0.2) is 60.7 Å². The zero-order chi connectivity index (χ0) is 15.5. The number of rotatable bonds is 4. The second-order valence-electron chi connectivity index (χ2n) is 5.52. The van der Waals surface area contributed by atoms with Crippen LogP contribution in [0, 0.1) is 0 Å². The van der Waals surface area contributed by atoms with Gasteiger partial charge in [0.05, 0.1) is 15.8 Å². The monoisotopic (exact) mass is 359 g/mol. The summed E-state index contributed by atoms with van der Waals surface area (Å²) in [7, 11) is 0. The summed E-state index contributed by atoms with van der Waals surface area (Å²) in [5, 5.41) is 4.48. The third kappa shape index (κ3) is 3.71. The van der Waals surface area contributed by atoms with Crippen molar-refractivity contribution in [2.75, 3.05) is 45.0 Å². The Morgan fingerprint density at radius 3 is 2.68 bits per heavy atom. The van der Waals surface area contributed by atoms with Crippen LogP contribution in [0.25, 0.3) is 0 Å². The van der Waals surface area contributed by atoms with Gasteiger partial charge in [0.2, 0.25) is 5.91 Å². The molecule has 0 aromatic heterocycles. The molecule has 1 amide bonds. The maximum absolute atomic E-state index is 12.2. The first kappa shape index (κ1) is 16.4. The summed E-state index contributed by atoms with van der Waals surface area (Å²) in [5.41, 5.74) is 1.05. The molecule has 2 fully saturated rings. The first-order chi connectivity index (χ1) is 10.6. The zero-order valence-corrected chi connectivity index (χ0v) is 14.6. The lowest BCUT2D eigenvalue weighted by molar-refractivity contribution is -0.128. The number of benzene rings is 1. The summed E-state index contributed by atoms with van der Waals surface area (Å²) in [6.45, 7) is 5.83. The minimum Gasteiger partial charge on any atom is -0.325 e. The van der Waals surface area contributed by atoms with Crippen molar-refractivity contribution >= 4 is 40.9 Å². The van der Waals surface area contributed by atoms with Crippen molar-refractivity contribution in [1.29, 1.82) is 0 Å². The van der Waals surface area contributed by atoms with E-state index < -0.39 is 0 Å². The molecule has 1 aromatic rings. The fourth-order valence-corrected chi connectivity index (χ4v) is 4.34. The van der Waals surface area contributed by atoms with E-state index in [1.807, 2.05) is 17.0 Å². The van der Waals surface area contributed by atoms with Gasteiger partial charge in [0.15, 0.2) is 0 Å². The van der Waals surface area contributed by atoms with Crippen LogP contribution in [0.1, 0.15) is 10.9 Å². The first-order valence-electron chi connectivity index (χ1n) is 7.44. The molecule has 2 aliphatic rings. The lowest BCUT2D eigenvalue weighted by atomic mass is 10.2. The molecule has 2 aliphatic heterocycles. The molecular formula is C15H19Cl2N3OS. The number of carbonyl (C=O) groups excluding carboxylic acids is 1. The number of amides is 1. The van der Waals surface area contributed by atoms with Gasteiger partial charge in [-0.25, -0.2) is 0 Å². The van der Waals surface area contributed by atoms with Crippen molar-refractivity contribution < 1.29 is 4.79 Å². The molecule has 0 bridgehead atoms. The van der Waals surface area contributed by atoms with Crippen LogP contribution in [0.5, 0.6) is 0 Å². The van der Waals surface area contributed by atoms with Crippen LogP contribution in [0.3, 0.4) is 0 Å². The molecule has 1 aromatic carbocycles. The summed E-state index contributed by atoms with van der Waals surface area (Å²) >= 11 is 13.8. The molecule has 4 nitrogen and oxygen atoms in total. The third-order valence-electron chi connectivity index (χ3n) is 4.06. The van der Waals surface area contributed by atoms with Crippen molar-refractivity contribution in [1.82, 2.24) is 15.1 Å². The molecule has 7 heteroatoms. The van der Waals surface area contributed by atoms with Gasteiger partial charge < -0.3 is 10.2 Å². The van der Waals surface area contributed by atoms with E-state index in [-0.39, 0.29) is 11.3 Å². The SMILES string of the molecule is O=C1CS[C@H](c2ccc(Cl)c(Cl)c2)N1CCN1CCNCC1. The minimum absolute atomic E-state index is 0.0465.